The van der Waals surface area contributed by atoms with Gasteiger partial charge in [-0.2, -0.15) is 4.98 Å². The monoisotopic (exact) mass is 287 g/mol. The first-order valence-electron chi connectivity index (χ1n) is 7.50. The van der Waals surface area contributed by atoms with E-state index < -0.39 is 0 Å². The van der Waals surface area contributed by atoms with Gasteiger partial charge in [-0.3, -0.25) is 15.2 Å². The van der Waals surface area contributed by atoms with Crippen LogP contribution < -0.4 is 5.32 Å². The number of hydrogen-bond acceptors (Lipinski definition) is 3. The van der Waals surface area contributed by atoms with E-state index in [4.69, 9.17) is 0 Å². The minimum atomic E-state index is -0.151. The highest BCUT2D eigenvalue weighted by Gasteiger charge is 2.23. The van der Waals surface area contributed by atoms with E-state index in [1.165, 1.54) is 6.42 Å². The highest BCUT2D eigenvalue weighted by atomic mass is 16.1. The fourth-order valence-electron chi connectivity index (χ4n) is 2.88. The Morgan fingerprint density at radius 3 is 2.81 bits per heavy atom. The first-order chi connectivity index (χ1) is 10.1. The molecule has 112 valence electrons. The molecule has 1 aliphatic rings. The molecule has 1 aliphatic carbocycles. The Kier molecular flexibility index (Phi) is 3.53. The highest BCUT2D eigenvalue weighted by Crippen LogP contribution is 2.34. The quantitative estimate of drug-likeness (QED) is 0.908. The van der Waals surface area contributed by atoms with Crippen molar-refractivity contribution < 1.29 is 4.79 Å². The van der Waals surface area contributed by atoms with E-state index in [0.29, 0.717) is 17.4 Å². The lowest BCUT2D eigenvalue weighted by Gasteiger charge is -2.22. The van der Waals surface area contributed by atoms with Crippen LogP contribution in [0, 0.1) is 13.8 Å². The lowest BCUT2D eigenvalue weighted by molar-refractivity contribution is 0.102. The van der Waals surface area contributed by atoms with Crippen LogP contribution in [0.2, 0.25) is 0 Å². The zero-order valence-electron chi connectivity index (χ0n) is 12.7. The van der Waals surface area contributed by atoms with Gasteiger partial charge in [0, 0.05) is 23.9 Å². The summed E-state index contributed by atoms with van der Waals surface area (Å²) in [4.78, 5) is 16.7. The standard InChI is InChI=1S/C15H21N5O/c1-4-20-9(2)8-12(10(20)3)14(21)17-15-16-13(18-19-15)11-6-5-7-11/h8,11H,4-7H2,1-3H3,(H2,16,17,18,19,21). The molecule has 3 rings (SSSR count). The van der Waals surface area contributed by atoms with Gasteiger partial charge in [-0.1, -0.05) is 6.42 Å². The normalized spacial score (nSPS) is 15.0. The minimum Gasteiger partial charge on any atom is -0.349 e. The summed E-state index contributed by atoms with van der Waals surface area (Å²) in [6.07, 6.45) is 3.55. The maximum Gasteiger partial charge on any atom is 0.259 e. The fraction of sp³-hybridized carbons (Fsp3) is 0.533. The Morgan fingerprint density at radius 1 is 1.48 bits per heavy atom. The van der Waals surface area contributed by atoms with E-state index in [-0.39, 0.29) is 5.91 Å². The average Bonchev–Trinajstić information content (AvgIpc) is 2.93. The van der Waals surface area contributed by atoms with Crippen molar-refractivity contribution in [2.45, 2.75) is 52.5 Å². The third-order valence-electron chi connectivity index (χ3n) is 4.35. The molecule has 0 radical (unpaired) electrons. The van der Waals surface area contributed by atoms with E-state index in [9.17, 15) is 4.79 Å². The van der Waals surface area contributed by atoms with Crippen molar-refractivity contribution in [3.8, 4) is 0 Å². The van der Waals surface area contributed by atoms with Crippen molar-refractivity contribution in [2.75, 3.05) is 5.32 Å². The highest BCUT2D eigenvalue weighted by molar-refractivity contribution is 6.04. The van der Waals surface area contributed by atoms with Crippen molar-refractivity contribution in [1.82, 2.24) is 19.7 Å². The Morgan fingerprint density at radius 2 is 2.24 bits per heavy atom. The molecule has 1 saturated carbocycles. The molecule has 2 N–H and O–H groups in total. The van der Waals surface area contributed by atoms with Gasteiger partial charge in [0.05, 0.1) is 5.56 Å². The van der Waals surface area contributed by atoms with Crippen molar-refractivity contribution in [1.29, 1.82) is 0 Å². The summed E-state index contributed by atoms with van der Waals surface area (Å²) >= 11 is 0. The number of amides is 1. The Labute approximate surface area is 124 Å². The lowest BCUT2D eigenvalue weighted by Crippen LogP contribution is -2.14. The van der Waals surface area contributed by atoms with Crippen LogP contribution in [0.1, 0.15) is 59.7 Å². The van der Waals surface area contributed by atoms with Crippen LogP contribution in [0.25, 0.3) is 0 Å². The average molecular weight is 287 g/mol. The maximum atomic E-state index is 12.4. The molecule has 1 fully saturated rings. The first-order valence-corrected chi connectivity index (χ1v) is 7.50. The van der Waals surface area contributed by atoms with Crippen molar-refractivity contribution >= 4 is 11.9 Å². The Bertz CT molecular complexity index is 666. The molecule has 6 heteroatoms. The maximum absolute atomic E-state index is 12.4. The van der Waals surface area contributed by atoms with Gasteiger partial charge in [0.15, 0.2) is 0 Å². The third kappa shape index (κ3) is 2.46. The number of anilines is 1. The predicted molar refractivity (Wildman–Crippen MR) is 80.5 cm³/mol. The number of aryl methyl sites for hydroxylation is 1. The number of carbonyl (C=O) groups is 1. The molecular weight excluding hydrogens is 266 g/mol. The van der Waals surface area contributed by atoms with Crippen LogP contribution in [0.5, 0.6) is 0 Å². The van der Waals surface area contributed by atoms with Crippen LogP contribution in [-0.4, -0.2) is 25.7 Å². The zero-order valence-corrected chi connectivity index (χ0v) is 12.7. The number of carbonyl (C=O) groups excluding carboxylic acids is 1. The second-order valence-corrected chi connectivity index (χ2v) is 5.66. The molecule has 2 aromatic rings. The third-order valence-corrected chi connectivity index (χ3v) is 4.35. The van der Waals surface area contributed by atoms with Gasteiger partial charge < -0.3 is 4.57 Å². The second kappa shape index (κ2) is 5.35. The molecule has 0 unspecified atom stereocenters. The number of nitrogens with one attached hydrogen (secondary N) is 2. The van der Waals surface area contributed by atoms with Gasteiger partial charge in [-0.25, -0.2) is 0 Å². The summed E-state index contributed by atoms with van der Waals surface area (Å²) in [6, 6.07) is 1.91. The van der Waals surface area contributed by atoms with E-state index in [2.05, 4.69) is 32.0 Å². The van der Waals surface area contributed by atoms with Gasteiger partial charge in [-0.05, 0) is 39.7 Å². The van der Waals surface area contributed by atoms with Crippen LogP contribution in [-0.2, 0) is 6.54 Å². The van der Waals surface area contributed by atoms with Gasteiger partial charge in [0.25, 0.3) is 5.91 Å². The topological polar surface area (TPSA) is 75.6 Å². The molecular formula is C15H21N5O. The SMILES string of the molecule is CCn1c(C)cc(C(=O)Nc2n[nH]c(C3CCC3)n2)c1C. The number of rotatable bonds is 4. The van der Waals surface area contributed by atoms with Crippen molar-refractivity contribution in [3.05, 3.63) is 28.8 Å². The summed E-state index contributed by atoms with van der Waals surface area (Å²) in [5.74, 6) is 1.58. The van der Waals surface area contributed by atoms with Gasteiger partial charge in [0.2, 0.25) is 5.95 Å². The number of H-pyrrole nitrogens is 1. The van der Waals surface area contributed by atoms with Crippen LogP contribution >= 0.6 is 0 Å². The van der Waals surface area contributed by atoms with Gasteiger partial charge >= 0.3 is 0 Å². The zero-order chi connectivity index (χ0) is 15.0. The molecule has 0 atom stereocenters. The molecule has 0 aromatic carbocycles. The first kappa shape index (κ1) is 13.9. The van der Waals surface area contributed by atoms with Crippen LogP contribution in [0.15, 0.2) is 6.07 Å². The fourth-order valence-corrected chi connectivity index (χ4v) is 2.88. The van der Waals surface area contributed by atoms with E-state index in [1.807, 2.05) is 19.9 Å². The van der Waals surface area contributed by atoms with Crippen molar-refractivity contribution in [3.63, 3.8) is 0 Å². The number of aromatic nitrogens is 4. The van der Waals surface area contributed by atoms with Crippen molar-refractivity contribution in [2.24, 2.45) is 0 Å². The molecule has 0 aliphatic heterocycles. The Balaban J connectivity index is 1.75. The van der Waals surface area contributed by atoms with Crippen LogP contribution in [0.3, 0.4) is 0 Å². The van der Waals surface area contributed by atoms with Gasteiger partial charge in [0.1, 0.15) is 5.82 Å². The van der Waals surface area contributed by atoms with Gasteiger partial charge in [-0.15, -0.1) is 5.10 Å². The Hall–Kier alpha value is -2.11. The molecule has 6 nitrogen and oxygen atoms in total. The molecule has 2 aromatic heterocycles. The smallest absolute Gasteiger partial charge is 0.259 e. The summed E-state index contributed by atoms with van der Waals surface area (Å²) in [5.41, 5.74) is 2.75. The molecule has 2 heterocycles. The predicted octanol–water partition coefficient (Wildman–Crippen LogP) is 2.76. The summed E-state index contributed by atoms with van der Waals surface area (Å²) in [6.45, 7) is 6.90. The lowest BCUT2D eigenvalue weighted by atomic mass is 9.85. The molecule has 0 bridgehead atoms. The number of nitrogens with zero attached hydrogens (tertiary/aromatic N) is 3. The molecule has 0 saturated heterocycles. The van der Waals surface area contributed by atoms with E-state index >= 15 is 0 Å². The summed E-state index contributed by atoms with van der Waals surface area (Å²) in [7, 11) is 0. The summed E-state index contributed by atoms with van der Waals surface area (Å²) in [5, 5.41) is 9.80. The van der Waals surface area contributed by atoms with E-state index in [0.717, 1.165) is 36.6 Å². The number of aromatic amines is 1. The second-order valence-electron chi connectivity index (χ2n) is 5.66. The minimum absolute atomic E-state index is 0.151. The number of hydrogen-bond donors (Lipinski definition) is 2. The summed E-state index contributed by atoms with van der Waals surface area (Å²) < 4.78 is 2.12. The molecule has 21 heavy (non-hydrogen) atoms. The van der Waals surface area contributed by atoms with E-state index in [1.54, 1.807) is 0 Å². The largest absolute Gasteiger partial charge is 0.349 e. The molecule has 0 spiro atoms. The molecule has 1 amide bonds. The van der Waals surface area contributed by atoms with Crippen LogP contribution in [0.4, 0.5) is 5.95 Å².